The number of benzene rings is 3. The fraction of sp³-hybridized carbons (Fsp3) is 0.115. The average molecular weight is 485 g/mol. The van der Waals surface area contributed by atoms with Gasteiger partial charge in [-0.15, -0.1) is 0 Å². The predicted molar refractivity (Wildman–Crippen MR) is 128 cm³/mol. The number of ether oxygens (including phenoxy) is 1. The molecule has 3 aromatic rings. The van der Waals surface area contributed by atoms with Crippen LogP contribution in [0.2, 0.25) is 0 Å². The van der Waals surface area contributed by atoms with Crippen LogP contribution >= 0.6 is 0 Å². The lowest BCUT2D eigenvalue weighted by atomic mass is 9.94. The summed E-state index contributed by atoms with van der Waals surface area (Å²) in [5.41, 5.74) is 0.345. The number of hydrogen-bond donors (Lipinski definition) is 2. The molecule has 3 aromatic carbocycles. The lowest BCUT2D eigenvalue weighted by molar-refractivity contribution is -0.384. The molecule has 180 valence electrons. The van der Waals surface area contributed by atoms with Crippen molar-refractivity contribution in [3.63, 3.8) is 0 Å². The van der Waals surface area contributed by atoms with E-state index in [1.165, 1.54) is 60.7 Å². The number of phenols is 1. The molecular weight excluding hydrogens is 466 g/mol. The van der Waals surface area contributed by atoms with E-state index >= 15 is 0 Å². The third kappa shape index (κ3) is 4.21. The van der Waals surface area contributed by atoms with Gasteiger partial charge in [0.1, 0.15) is 5.76 Å². The number of aliphatic hydroxyl groups is 1. The zero-order chi connectivity index (χ0) is 26.0. The first-order chi connectivity index (χ1) is 17.3. The van der Waals surface area contributed by atoms with E-state index in [0.29, 0.717) is 11.1 Å². The Labute approximate surface area is 205 Å². The topological polar surface area (TPSA) is 154 Å². The number of rotatable bonds is 6. The Morgan fingerprint density at radius 3 is 2.50 bits per heavy atom. The minimum Gasteiger partial charge on any atom is -0.507 e. The van der Waals surface area contributed by atoms with Crippen molar-refractivity contribution in [2.75, 3.05) is 11.5 Å². The summed E-state index contributed by atoms with van der Waals surface area (Å²) < 4.78 is 5.46. The first-order valence-electron chi connectivity index (χ1n) is 10.8. The second-order valence-electron chi connectivity index (χ2n) is 7.80. The van der Waals surface area contributed by atoms with Crippen molar-refractivity contribution in [2.45, 2.75) is 13.0 Å². The number of aliphatic hydroxyl groups excluding tert-OH is 1. The van der Waals surface area contributed by atoms with Crippen molar-refractivity contribution in [3.8, 4) is 17.6 Å². The minimum absolute atomic E-state index is 0.0177. The van der Waals surface area contributed by atoms with E-state index in [0.717, 1.165) is 11.0 Å². The van der Waals surface area contributed by atoms with Gasteiger partial charge in [-0.2, -0.15) is 5.26 Å². The molecule has 10 heteroatoms. The van der Waals surface area contributed by atoms with Crippen LogP contribution in [-0.4, -0.2) is 33.4 Å². The van der Waals surface area contributed by atoms with Gasteiger partial charge in [-0.05, 0) is 48.9 Å². The maximum absolute atomic E-state index is 13.2. The number of aromatic hydroxyl groups is 1. The molecule has 2 N–H and O–H groups in total. The highest BCUT2D eigenvalue weighted by atomic mass is 16.6. The molecule has 0 spiro atoms. The van der Waals surface area contributed by atoms with Crippen LogP contribution in [0.5, 0.6) is 11.5 Å². The molecule has 0 aliphatic carbocycles. The average Bonchev–Trinajstić information content (AvgIpc) is 3.15. The van der Waals surface area contributed by atoms with Crippen molar-refractivity contribution in [1.82, 2.24) is 0 Å². The molecule has 1 aliphatic rings. The Morgan fingerprint density at radius 2 is 1.86 bits per heavy atom. The quantitative estimate of drug-likeness (QED) is 0.173. The molecule has 1 aliphatic heterocycles. The van der Waals surface area contributed by atoms with Crippen LogP contribution in [0.3, 0.4) is 0 Å². The maximum Gasteiger partial charge on any atom is 0.300 e. The largest absolute Gasteiger partial charge is 0.507 e. The Balaban J connectivity index is 1.96. The molecule has 1 unspecified atom stereocenters. The summed E-state index contributed by atoms with van der Waals surface area (Å²) in [6.07, 6.45) is 0. The lowest BCUT2D eigenvalue weighted by Crippen LogP contribution is -2.29. The number of anilines is 1. The number of nitro benzene ring substituents is 1. The first kappa shape index (κ1) is 24.0. The Bertz CT molecular complexity index is 1460. The monoisotopic (exact) mass is 485 g/mol. The van der Waals surface area contributed by atoms with Crippen LogP contribution in [0.25, 0.3) is 5.76 Å². The van der Waals surface area contributed by atoms with E-state index in [9.17, 15) is 29.9 Å². The zero-order valence-electron chi connectivity index (χ0n) is 18.9. The maximum atomic E-state index is 13.2. The number of amides is 1. The number of ketones is 1. The molecule has 1 heterocycles. The van der Waals surface area contributed by atoms with Crippen LogP contribution in [0.1, 0.15) is 29.7 Å². The van der Waals surface area contributed by atoms with Crippen molar-refractivity contribution in [1.29, 1.82) is 5.26 Å². The fourth-order valence-corrected chi connectivity index (χ4v) is 4.00. The second-order valence-corrected chi connectivity index (χ2v) is 7.80. The molecule has 0 aromatic heterocycles. The SMILES string of the molecule is CCOc1cc(C2/C(=C(\O)c3cccc([N+](=O)[O-])c3)C(=O)C(=O)N2c2ccc(C#N)cc2)ccc1O. The van der Waals surface area contributed by atoms with Gasteiger partial charge < -0.3 is 14.9 Å². The van der Waals surface area contributed by atoms with Gasteiger partial charge in [0.2, 0.25) is 0 Å². The molecule has 10 nitrogen and oxygen atoms in total. The van der Waals surface area contributed by atoms with E-state index in [4.69, 9.17) is 10.00 Å². The molecule has 1 amide bonds. The number of phenolic OH excluding ortho intramolecular Hbond substituents is 1. The molecule has 4 rings (SSSR count). The van der Waals surface area contributed by atoms with Crippen molar-refractivity contribution in [2.24, 2.45) is 0 Å². The van der Waals surface area contributed by atoms with Crippen molar-refractivity contribution >= 4 is 28.8 Å². The lowest BCUT2D eigenvalue weighted by Gasteiger charge is -2.26. The predicted octanol–water partition coefficient (Wildman–Crippen LogP) is 4.20. The smallest absolute Gasteiger partial charge is 0.300 e. The van der Waals surface area contributed by atoms with E-state index in [-0.39, 0.29) is 40.6 Å². The normalized spacial score (nSPS) is 16.6. The van der Waals surface area contributed by atoms with Gasteiger partial charge in [-0.25, -0.2) is 0 Å². The number of nitro groups is 1. The number of non-ortho nitro benzene ring substituents is 1. The number of hydrogen-bond acceptors (Lipinski definition) is 8. The molecule has 0 bridgehead atoms. The van der Waals surface area contributed by atoms with Gasteiger partial charge in [0.15, 0.2) is 11.5 Å². The molecule has 1 atom stereocenters. The summed E-state index contributed by atoms with van der Waals surface area (Å²) in [6.45, 7) is 1.96. The molecule has 36 heavy (non-hydrogen) atoms. The summed E-state index contributed by atoms with van der Waals surface area (Å²) in [6, 6.07) is 16.1. The number of nitriles is 1. The van der Waals surface area contributed by atoms with Crippen LogP contribution in [-0.2, 0) is 9.59 Å². The molecule has 1 fully saturated rings. The molecule has 0 radical (unpaired) electrons. The highest BCUT2D eigenvalue weighted by Gasteiger charge is 2.47. The summed E-state index contributed by atoms with van der Waals surface area (Å²) in [7, 11) is 0. The summed E-state index contributed by atoms with van der Waals surface area (Å²) >= 11 is 0. The zero-order valence-corrected chi connectivity index (χ0v) is 18.9. The van der Waals surface area contributed by atoms with Crippen LogP contribution < -0.4 is 9.64 Å². The number of carbonyl (C=O) groups excluding carboxylic acids is 2. The highest BCUT2D eigenvalue weighted by Crippen LogP contribution is 2.44. The summed E-state index contributed by atoms with van der Waals surface area (Å²) in [5.74, 6) is -2.59. The summed E-state index contributed by atoms with van der Waals surface area (Å²) in [4.78, 5) is 38.2. The van der Waals surface area contributed by atoms with E-state index in [1.54, 1.807) is 6.92 Å². The molecular formula is C26H19N3O7. The van der Waals surface area contributed by atoms with Gasteiger partial charge in [0, 0.05) is 23.4 Å². The van der Waals surface area contributed by atoms with Crippen molar-refractivity contribution < 1.29 is 29.5 Å². The van der Waals surface area contributed by atoms with Crippen LogP contribution in [0, 0.1) is 21.4 Å². The second kappa shape index (κ2) is 9.60. The van der Waals surface area contributed by atoms with Gasteiger partial charge >= 0.3 is 0 Å². The van der Waals surface area contributed by atoms with Gasteiger partial charge in [-0.1, -0.05) is 18.2 Å². The van der Waals surface area contributed by atoms with Crippen molar-refractivity contribution in [3.05, 3.63) is 99.1 Å². The van der Waals surface area contributed by atoms with E-state index in [2.05, 4.69) is 0 Å². The standard InChI is InChI=1S/C26H19N3O7/c1-2-36-21-13-16(8-11-20(21)30)23-22(24(31)17-4-3-5-19(12-17)29(34)35)25(32)26(33)28(23)18-9-6-15(14-27)7-10-18/h3-13,23,30-31H,2H2,1H3/b24-22+. The number of Topliss-reactive ketones (excluding diaryl/α,β-unsaturated/α-hetero) is 1. The Hall–Kier alpha value is -5.17. The molecule has 1 saturated heterocycles. The third-order valence-corrected chi connectivity index (χ3v) is 5.65. The number of nitrogens with zero attached hydrogens (tertiary/aromatic N) is 3. The van der Waals surface area contributed by atoms with Gasteiger partial charge in [-0.3, -0.25) is 24.6 Å². The van der Waals surface area contributed by atoms with E-state index < -0.39 is 28.4 Å². The first-order valence-corrected chi connectivity index (χ1v) is 10.8. The van der Waals surface area contributed by atoms with E-state index in [1.807, 2.05) is 6.07 Å². The van der Waals surface area contributed by atoms with Gasteiger partial charge in [0.25, 0.3) is 17.4 Å². The minimum atomic E-state index is -1.16. The third-order valence-electron chi connectivity index (χ3n) is 5.65. The van der Waals surface area contributed by atoms with Crippen LogP contribution in [0.15, 0.2) is 72.3 Å². The Morgan fingerprint density at radius 1 is 1.14 bits per heavy atom. The number of carbonyl (C=O) groups is 2. The highest BCUT2D eigenvalue weighted by molar-refractivity contribution is 6.51. The Kier molecular flexibility index (Phi) is 6.39. The van der Waals surface area contributed by atoms with Gasteiger partial charge in [0.05, 0.1) is 34.8 Å². The summed E-state index contributed by atoms with van der Waals surface area (Å²) in [5, 5.41) is 41.7. The fourth-order valence-electron chi connectivity index (χ4n) is 4.00. The molecule has 0 saturated carbocycles. The van der Waals surface area contributed by atoms with Crippen LogP contribution in [0.4, 0.5) is 11.4 Å².